The number of ether oxygens (including phenoxy) is 1. The fourth-order valence-electron chi connectivity index (χ4n) is 2.56. The Balaban J connectivity index is 1.77. The zero-order valence-corrected chi connectivity index (χ0v) is 13.0. The molecule has 0 aromatic heterocycles. The third kappa shape index (κ3) is 3.46. The number of hydrogen-bond donors (Lipinski definition) is 1. The summed E-state index contributed by atoms with van der Waals surface area (Å²) in [5.41, 5.74) is 1.10. The average molecular weight is 336 g/mol. The molecule has 1 heterocycles. The maximum atomic E-state index is 13.4. The molecular formula is C17H15ClFNO3. The van der Waals surface area contributed by atoms with Gasteiger partial charge in [0.25, 0.3) is 5.91 Å². The molecule has 120 valence electrons. The van der Waals surface area contributed by atoms with Crippen LogP contribution in [0.5, 0.6) is 5.75 Å². The van der Waals surface area contributed by atoms with E-state index in [2.05, 4.69) is 0 Å². The van der Waals surface area contributed by atoms with Gasteiger partial charge in [0.2, 0.25) is 0 Å². The van der Waals surface area contributed by atoms with Crippen molar-refractivity contribution in [1.82, 2.24) is 4.90 Å². The van der Waals surface area contributed by atoms with Gasteiger partial charge in [-0.05, 0) is 35.9 Å². The van der Waals surface area contributed by atoms with E-state index in [0.717, 1.165) is 0 Å². The van der Waals surface area contributed by atoms with E-state index in [1.165, 1.54) is 30.3 Å². The summed E-state index contributed by atoms with van der Waals surface area (Å²) in [5, 5.41) is 9.57. The Morgan fingerprint density at radius 2 is 2.13 bits per heavy atom. The first-order valence-corrected chi connectivity index (χ1v) is 7.57. The van der Waals surface area contributed by atoms with Crippen LogP contribution >= 0.6 is 11.6 Å². The summed E-state index contributed by atoms with van der Waals surface area (Å²) in [6.07, 6.45) is -0.365. The Morgan fingerprint density at radius 3 is 2.87 bits per heavy atom. The molecule has 1 saturated heterocycles. The van der Waals surface area contributed by atoms with Crippen LogP contribution in [0.2, 0.25) is 5.02 Å². The summed E-state index contributed by atoms with van der Waals surface area (Å²) in [5.74, 6) is -0.598. The Morgan fingerprint density at radius 1 is 1.30 bits per heavy atom. The van der Waals surface area contributed by atoms with Gasteiger partial charge in [-0.25, -0.2) is 4.39 Å². The van der Waals surface area contributed by atoms with E-state index in [9.17, 15) is 14.3 Å². The number of aromatic hydroxyl groups is 1. The van der Waals surface area contributed by atoms with Crippen LogP contribution in [0.15, 0.2) is 42.5 Å². The Labute approximate surface area is 138 Å². The number of benzene rings is 2. The largest absolute Gasteiger partial charge is 0.506 e. The zero-order chi connectivity index (χ0) is 16.4. The van der Waals surface area contributed by atoms with Gasteiger partial charge >= 0.3 is 0 Å². The molecule has 1 N–H and O–H groups in total. The highest BCUT2D eigenvalue weighted by atomic mass is 35.5. The molecule has 23 heavy (non-hydrogen) atoms. The highest BCUT2D eigenvalue weighted by Crippen LogP contribution is 2.27. The lowest BCUT2D eigenvalue weighted by Crippen LogP contribution is -2.42. The van der Waals surface area contributed by atoms with Crippen molar-refractivity contribution in [3.8, 4) is 5.75 Å². The van der Waals surface area contributed by atoms with E-state index >= 15 is 0 Å². The number of carbonyl (C=O) groups is 1. The molecule has 0 spiro atoms. The summed E-state index contributed by atoms with van der Waals surface area (Å²) in [4.78, 5) is 14.2. The molecule has 0 bridgehead atoms. The average Bonchev–Trinajstić information content (AvgIpc) is 2.57. The number of phenols is 1. The Bertz CT molecular complexity index is 738. The molecule has 0 aliphatic carbocycles. The first kappa shape index (κ1) is 15.8. The van der Waals surface area contributed by atoms with Gasteiger partial charge in [0.05, 0.1) is 18.2 Å². The second kappa shape index (κ2) is 6.56. The van der Waals surface area contributed by atoms with Crippen molar-refractivity contribution in [3.05, 3.63) is 64.4 Å². The van der Waals surface area contributed by atoms with Gasteiger partial charge in [-0.1, -0.05) is 23.7 Å². The van der Waals surface area contributed by atoms with E-state index in [0.29, 0.717) is 30.8 Å². The normalized spacial score (nSPS) is 18.0. The van der Waals surface area contributed by atoms with Gasteiger partial charge in [-0.3, -0.25) is 4.79 Å². The summed E-state index contributed by atoms with van der Waals surface area (Å²) < 4.78 is 19.0. The molecule has 1 aliphatic heterocycles. The second-order valence-corrected chi connectivity index (χ2v) is 5.74. The van der Waals surface area contributed by atoms with E-state index < -0.39 is 0 Å². The number of carbonyl (C=O) groups excluding carboxylic acids is 1. The molecule has 0 unspecified atom stereocenters. The van der Waals surface area contributed by atoms with Crippen molar-refractivity contribution in [1.29, 1.82) is 0 Å². The quantitative estimate of drug-likeness (QED) is 0.915. The topological polar surface area (TPSA) is 49.8 Å². The Hall–Kier alpha value is -2.11. The van der Waals surface area contributed by atoms with Gasteiger partial charge in [0, 0.05) is 12.1 Å². The van der Waals surface area contributed by atoms with E-state index in [1.807, 2.05) is 0 Å². The van der Waals surface area contributed by atoms with Crippen LogP contribution < -0.4 is 0 Å². The highest BCUT2D eigenvalue weighted by molar-refractivity contribution is 6.32. The lowest BCUT2D eigenvalue weighted by atomic mass is 10.1. The van der Waals surface area contributed by atoms with Gasteiger partial charge in [0.1, 0.15) is 17.7 Å². The Kier molecular flexibility index (Phi) is 4.50. The van der Waals surface area contributed by atoms with Crippen molar-refractivity contribution in [2.45, 2.75) is 6.10 Å². The SMILES string of the molecule is O=C(c1ccc(O)c(Cl)c1)N1CCO[C@H](c2cccc(F)c2)C1. The van der Waals surface area contributed by atoms with Crippen molar-refractivity contribution < 1.29 is 19.0 Å². The summed E-state index contributed by atoms with van der Waals surface area (Å²) >= 11 is 5.85. The van der Waals surface area contributed by atoms with E-state index in [-0.39, 0.29) is 28.6 Å². The number of hydrogen-bond acceptors (Lipinski definition) is 3. The standard InChI is InChI=1S/C17H15ClFNO3/c18-14-9-12(4-5-15(14)21)17(22)20-6-7-23-16(10-20)11-2-1-3-13(19)8-11/h1-5,8-9,16,21H,6-7,10H2/t16-/m0/s1. The maximum absolute atomic E-state index is 13.4. The van der Waals surface area contributed by atoms with Crippen molar-refractivity contribution >= 4 is 17.5 Å². The molecule has 2 aromatic rings. The van der Waals surface area contributed by atoms with Crippen LogP contribution in [0.1, 0.15) is 22.0 Å². The van der Waals surface area contributed by atoms with Crippen LogP contribution in [0, 0.1) is 5.82 Å². The van der Waals surface area contributed by atoms with Crippen molar-refractivity contribution in [2.24, 2.45) is 0 Å². The van der Waals surface area contributed by atoms with Crippen LogP contribution in [0.25, 0.3) is 0 Å². The number of halogens is 2. The molecule has 6 heteroatoms. The third-order valence-corrected chi connectivity index (χ3v) is 4.07. The minimum Gasteiger partial charge on any atom is -0.506 e. The van der Waals surface area contributed by atoms with E-state index in [4.69, 9.17) is 16.3 Å². The first-order chi connectivity index (χ1) is 11.0. The zero-order valence-electron chi connectivity index (χ0n) is 12.2. The molecule has 0 radical (unpaired) electrons. The molecule has 3 rings (SSSR count). The van der Waals surface area contributed by atoms with Crippen LogP contribution in [0.3, 0.4) is 0 Å². The lowest BCUT2D eigenvalue weighted by Gasteiger charge is -2.33. The van der Waals surface area contributed by atoms with Crippen molar-refractivity contribution in [2.75, 3.05) is 19.7 Å². The summed E-state index contributed by atoms with van der Waals surface area (Å²) in [6.45, 7) is 1.16. The second-order valence-electron chi connectivity index (χ2n) is 5.33. The molecule has 1 aliphatic rings. The highest BCUT2D eigenvalue weighted by Gasteiger charge is 2.26. The molecule has 4 nitrogen and oxygen atoms in total. The minimum absolute atomic E-state index is 0.0668. The smallest absolute Gasteiger partial charge is 0.254 e. The minimum atomic E-state index is -0.365. The number of amides is 1. The monoisotopic (exact) mass is 335 g/mol. The third-order valence-electron chi connectivity index (χ3n) is 3.77. The predicted octanol–water partition coefficient (Wildman–Crippen LogP) is 3.40. The number of phenolic OH excluding ortho intramolecular Hbond substituents is 1. The molecule has 2 aromatic carbocycles. The fourth-order valence-corrected chi connectivity index (χ4v) is 2.75. The number of rotatable bonds is 2. The van der Waals surface area contributed by atoms with Crippen LogP contribution in [-0.4, -0.2) is 35.6 Å². The van der Waals surface area contributed by atoms with Gasteiger partial charge < -0.3 is 14.7 Å². The summed E-state index contributed by atoms with van der Waals surface area (Å²) in [6, 6.07) is 10.5. The van der Waals surface area contributed by atoms with Gasteiger partial charge in [-0.2, -0.15) is 0 Å². The molecule has 1 fully saturated rings. The molecule has 1 atom stereocenters. The number of nitrogens with zero attached hydrogens (tertiary/aromatic N) is 1. The van der Waals surface area contributed by atoms with Gasteiger partial charge in [0.15, 0.2) is 0 Å². The predicted molar refractivity (Wildman–Crippen MR) is 84.1 cm³/mol. The summed E-state index contributed by atoms with van der Waals surface area (Å²) in [7, 11) is 0. The fraction of sp³-hybridized carbons (Fsp3) is 0.235. The molecule has 1 amide bonds. The molecular weight excluding hydrogens is 321 g/mol. The van der Waals surface area contributed by atoms with Crippen LogP contribution in [-0.2, 0) is 4.74 Å². The van der Waals surface area contributed by atoms with E-state index in [1.54, 1.807) is 17.0 Å². The van der Waals surface area contributed by atoms with Crippen LogP contribution in [0.4, 0.5) is 4.39 Å². The van der Waals surface area contributed by atoms with Crippen molar-refractivity contribution in [3.63, 3.8) is 0 Å². The van der Waals surface area contributed by atoms with Gasteiger partial charge in [-0.15, -0.1) is 0 Å². The number of morpholine rings is 1. The molecule has 0 saturated carbocycles. The lowest BCUT2D eigenvalue weighted by molar-refractivity contribution is -0.0229. The first-order valence-electron chi connectivity index (χ1n) is 7.19. The maximum Gasteiger partial charge on any atom is 0.254 e.